The number of carbonyl (C=O) groups excluding carboxylic acids is 2. The van der Waals surface area contributed by atoms with Gasteiger partial charge in [0.05, 0.1) is 12.6 Å². The molecule has 0 atom stereocenters. The maximum atomic E-state index is 12.1. The van der Waals surface area contributed by atoms with Gasteiger partial charge in [-0.25, -0.2) is 0 Å². The Kier molecular flexibility index (Phi) is 2.58. The molecule has 0 aromatic carbocycles. The van der Waals surface area contributed by atoms with Crippen molar-refractivity contribution in [2.75, 3.05) is 26.7 Å². The van der Waals surface area contributed by atoms with Crippen LogP contribution in [-0.2, 0) is 9.59 Å². The lowest BCUT2D eigenvalue weighted by atomic mass is 10.1. The predicted molar refractivity (Wildman–Crippen MR) is 56.1 cm³/mol. The van der Waals surface area contributed by atoms with E-state index in [0.29, 0.717) is 25.9 Å². The van der Waals surface area contributed by atoms with Crippen molar-refractivity contribution in [1.29, 1.82) is 5.26 Å². The first kappa shape index (κ1) is 10.9. The van der Waals surface area contributed by atoms with Gasteiger partial charge < -0.3 is 9.80 Å². The van der Waals surface area contributed by atoms with E-state index >= 15 is 0 Å². The Morgan fingerprint density at radius 3 is 2.69 bits per heavy atom. The van der Waals surface area contributed by atoms with Crippen molar-refractivity contribution in [2.45, 2.75) is 19.3 Å². The molecule has 0 spiro atoms. The minimum absolute atomic E-state index is 0.0420. The fourth-order valence-corrected chi connectivity index (χ4v) is 1.96. The molecule has 1 aliphatic carbocycles. The van der Waals surface area contributed by atoms with Crippen molar-refractivity contribution in [3.05, 3.63) is 0 Å². The highest BCUT2D eigenvalue weighted by Crippen LogP contribution is 2.46. The predicted octanol–water partition coefficient (Wildman–Crippen LogP) is -0.0191. The van der Waals surface area contributed by atoms with Crippen LogP contribution in [0.15, 0.2) is 0 Å². The zero-order valence-corrected chi connectivity index (χ0v) is 9.40. The van der Waals surface area contributed by atoms with Crippen LogP contribution in [0.25, 0.3) is 0 Å². The van der Waals surface area contributed by atoms with Crippen LogP contribution in [0.1, 0.15) is 19.3 Å². The summed E-state index contributed by atoms with van der Waals surface area (Å²) < 4.78 is 0. The van der Waals surface area contributed by atoms with Crippen molar-refractivity contribution >= 4 is 11.8 Å². The molecule has 5 heteroatoms. The molecule has 5 nitrogen and oxygen atoms in total. The zero-order chi connectivity index (χ0) is 11.8. The van der Waals surface area contributed by atoms with Crippen LogP contribution < -0.4 is 0 Å². The highest BCUT2D eigenvalue weighted by Gasteiger charge is 2.52. The average Bonchev–Trinajstić information content (AvgIpc) is 3.07. The monoisotopic (exact) mass is 221 g/mol. The maximum Gasteiger partial charge on any atom is 0.243 e. The van der Waals surface area contributed by atoms with Crippen molar-refractivity contribution in [3.8, 4) is 6.07 Å². The quantitative estimate of drug-likeness (QED) is 0.625. The zero-order valence-electron chi connectivity index (χ0n) is 9.40. The van der Waals surface area contributed by atoms with Crippen molar-refractivity contribution in [2.24, 2.45) is 5.41 Å². The molecular formula is C11H15N3O2. The summed E-state index contributed by atoms with van der Waals surface area (Å²) in [7, 11) is 1.74. The van der Waals surface area contributed by atoms with E-state index in [4.69, 9.17) is 5.26 Å². The van der Waals surface area contributed by atoms with E-state index in [1.165, 1.54) is 0 Å². The Morgan fingerprint density at radius 2 is 2.12 bits per heavy atom. The van der Waals surface area contributed by atoms with Gasteiger partial charge in [0.1, 0.15) is 5.41 Å². The standard InChI is InChI=1S/C11H15N3O2/c1-13-5-2-6-14(7-9(13)15)10(16)11(8-12)3-4-11/h2-7H2,1H3. The first-order valence-electron chi connectivity index (χ1n) is 5.54. The van der Waals surface area contributed by atoms with E-state index in [1.807, 2.05) is 0 Å². The van der Waals surface area contributed by atoms with Gasteiger partial charge in [-0.3, -0.25) is 9.59 Å². The summed E-state index contributed by atoms with van der Waals surface area (Å²) in [6.07, 6.45) is 2.07. The van der Waals surface area contributed by atoms with Crippen LogP contribution in [0.2, 0.25) is 0 Å². The van der Waals surface area contributed by atoms with E-state index in [-0.39, 0.29) is 18.4 Å². The fourth-order valence-electron chi connectivity index (χ4n) is 1.96. The second-order valence-electron chi connectivity index (χ2n) is 4.59. The van der Waals surface area contributed by atoms with Gasteiger partial charge in [-0.15, -0.1) is 0 Å². The molecule has 0 radical (unpaired) electrons. The molecule has 2 aliphatic rings. The first-order valence-corrected chi connectivity index (χ1v) is 5.54. The molecular weight excluding hydrogens is 206 g/mol. The van der Waals surface area contributed by atoms with Gasteiger partial charge in [0, 0.05) is 20.1 Å². The molecule has 2 fully saturated rings. The molecule has 0 bridgehead atoms. The lowest BCUT2D eigenvalue weighted by Gasteiger charge is -2.21. The lowest BCUT2D eigenvalue weighted by Crippen LogP contribution is -2.41. The molecule has 0 N–H and O–H groups in total. The third-order valence-electron chi connectivity index (χ3n) is 3.33. The van der Waals surface area contributed by atoms with Crippen molar-refractivity contribution < 1.29 is 9.59 Å². The highest BCUT2D eigenvalue weighted by atomic mass is 16.2. The average molecular weight is 221 g/mol. The molecule has 16 heavy (non-hydrogen) atoms. The second-order valence-corrected chi connectivity index (χ2v) is 4.59. The minimum atomic E-state index is -0.802. The topological polar surface area (TPSA) is 64.4 Å². The number of nitrogens with zero attached hydrogens (tertiary/aromatic N) is 3. The lowest BCUT2D eigenvalue weighted by molar-refractivity contribution is -0.140. The van der Waals surface area contributed by atoms with Crippen LogP contribution in [0.4, 0.5) is 0 Å². The SMILES string of the molecule is CN1CCCN(C(=O)C2(C#N)CC2)CC1=O. The molecule has 2 amide bonds. The normalized spacial score (nSPS) is 23.6. The van der Waals surface area contributed by atoms with Crippen LogP contribution in [-0.4, -0.2) is 48.3 Å². The van der Waals surface area contributed by atoms with Crippen molar-refractivity contribution in [1.82, 2.24) is 9.80 Å². The molecule has 86 valence electrons. The minimum Gasteiger partial charge on any atom is -0.344 e. The number of likely N-dealkylation sites (N-methyl/N-ethyl adjacent to an activating group) is 1. The van der Waals surface area contributed by atoms with Gasteiger partial charge >= 0.3 is 0 Å². The Balaban J connectivity index is 2.07. The Labute approximate surface area is 94.6 Å². The number of amides is 2. The summed E-state index contributed by atoms with van der Waals surface area (Å²) in [6, 6.07) is 2.08. The van der Waals surface area contributed by atoms with Crippen molar-refractivity contribution in [3.63, 3.8) is 0 Å². The number of hydrogen-bond acceptors (Lipinski definition) is 3. The number of nitriles is 1. The van der Waals surface area contributed by atoms with Crippen LogP contribution in [0.5, 0.6) is 0 Å². The molecule has 2 rings (SSSR count). The van der Waals surface area contributed by atoms with Crippen LogP contribution in [0, 0.1) is 16.7 Å². The molecule has 0 unspecified atom stereocenters. The van der Waals surface area contributed by atoms with Gasteiger partial charge in [0.15, 0.2) is 0 Å². The maximum absolute atomic E-state index is 12.1. The molecule has 1 aliphatic heterocycles. The fraction of sp³-hybridized carbons (Fsp3) is 0.727. The third-order valence-corrected chi connectivity index (χ3v) is 3.33. The smallest absolute Gasteiger partial charge is 0.243 e. The van der Waals surface area contributed by atoms with Gasteiger partial charge in [0.25, 0.3) is 0 Å². The van der Waals surface area contributed by atoms with E-state index in [9.17, 15) is 9.59 Å². The molecule has 0 aromatic rings. The van der Waals surface area contributed by atoms with Gasteiger partial charge in [-0.2, -0.15) is 5.26 Å². The van der Waals surface area contributed by atoms with E-state index in [0.717, 1.165) is 6.42 Å². The summed E-state index contributed by atoms with van der Waals surface area (Å²) in [5.41, 5.74) is -0.802. The third kappa shape index (κ3) is 1.75. The summed E-state index contributed by atoms with van der Waals surface area (Å²) in [5, 5.41) is 8.95. The van der Waals surface area contributed by atoms with Gasteiger partial charge in [-0.05, 0) is 19.3 Å². The Morgan fingerprint density at radius 1 is 1.44 bits per heavy atom. The Bertz CT molecular complexity index is 368. The second kappa shape index (κ2) is 3.78. The van der Waals surface area contributed by atoms with E-state index < -0.39 is 5.41 Å². The molecule has 1 saturated carbocycles. The summed E-state index contributed by atoms with van der Waals surface area (Å²) in [4.78, 5) is 26.8. The summed E-state index contributed by atoms with van der Waals surface area (Å²) >= 11 is 0. The number of rotatable bonds is 1. The van der Waals surface area contributed by atoms with E-state index in [2.05, 4.69) is 6.07 Å². The van der Waals surface area contributed by atoms with Crippen LogP contribution in [0.3, 0.4) is 0 Å². The molecule has 0 aromatic heterocycles. The first-order chi connectivity index (χ1) is 7.59. The summed E-state index contributed by atoms with van der Waals surface area (Å²) in [6.45, 7) is 1.39. The Hall–Kier alpha value is -1.57. The number of carbonyl (C=O) groups is 2. The summed E-state index contributed by atoms with van der Waals surface area (Å²) in [5.74, 6) is -0.196. The van der Waals surface area contributed by atoms with Gasteiger partial charge in [-0.1, -0.05) is 0 Å². The largest absolute Gasteiger partial charge is 0.344 e. The van der Waals surface area contributed by atoms with Gasteiger partial charge in [0.2, 0.25) is 11.8 Å². The highest BCUT2D eigenvalue weighted by molar-refractivity contribution is 5.91. The molecule has 1 heterocycles. The van der Waals surface area contributed by atoms with E-state index in [1.54, 1.807) is 16.8 Å². The molecule has 1 saturated heterocycles. The van der Waals surface area contributed by atoms with Crippen LogP contribution >= 0.6 is 0 Å². The number of hydrogen-bond donors (Lipinski definition) is 0.